The van der Waals surface area contributed by atoms with Crippen LogP contribution in [-0.4, -0.2) is 24.7 Å². The number of hydrogen-bond donors (Lipinski definition) is 1. The SMILES string of the molecule is CNC(CCC1CCCO1)c1ccc2nc(C)ccc2c1. The fourth-order valence-electron chi connectivity index (χ4n) is 3.16. The normalized spacial score (nSPS) is 20.0. The van der Waals surface area contributed by atoms with Gasteiger partial charge in [0.25, 0.3) is 0 Å². The predicted molar refractivity (Wildman–Crippen MR) is 86.5 cm³/mol. The third-order valence-corrected chi connectivity index (χ3v) is 4.40. The number of nitrogens with one attached hydrogen (secondary N) is 1. The molecule has 2 aromatic rings. The number of benzene rings is 1. The molecule has 1 saturated heterocycles. The highest BCUT2D eigenvalue weighted by Crippen LogP contribution is 2.26. The molecule has 21 heavy (non-hydrogen) atoms. The van der Waals surface area contributed by atoms with Crippen molar-refractivity contribution in [2.45, 2.75) is 44.8 Å². The minimum Gasteiger partial charge on any atom is -0.378 e. The van der Waals surface area contributed by atoms with Crippen molar-refractivity contribution in [1.82, 2.24) is 10.3 Å². The highest BCUT2D eigenvalue weighted by molar-refractivity contribution is 5.79. The van der Waals surface area contributed by atoms with Crippen molar-refractivity contribution in [3.8, 4) is 0 Å². The van der Waals surface area contributed by atoms with E-state index in [4.69, 9.17) is 4.74 Å². The van der Waals surface area contributed by atoms with Gasteiger partial charge >= 0.3 is 0 Å². The Morgan fingerprint density at radius 1 is 1.33 bits per heavy atom. The molecule has 3 rings (SSSR count). The van der Waals surface area contributed by atoms with Crippen molar-refractivity contribution in [2.75, 3.05) is 13.7 Å². The lowest BCUT2D eigenvalue weighted by Crippen LogP contribution is -2.18. The molecule has 2 heterocycles. The van der Waals surface area contributed by atoms with Crippen LogP contribution in [0.4, 0.5) is 0 Å². The van der Waals surface area contributed by atoms with E-state index in [1.807, 2.05) is 14.0 Å². The molecule has 112 valence electrons. The maximum atomic E-state index is 5.73. The summed E-state index contributed by atoms with van der Waals surface area (Å²) in [6.45, 7) is 2.97. The second-order valence-corrected chi connectivity index (χ2v) is 5.96. The van der Waals surface area contributed by atoms with Crippen molar-refractivity contribution in [3.05, 3.63) is 41.6 Å². The minimum absolute atomic E-state index is 0.389. The largest absolute Gasteiger partial charge is 0.378 e. The smallest absolute Gasteiger partial charge is 0.0705 e. The predicted octanol–water partition coefficient (Wildman–Crippen LogP) is 3.76. The Balaban J connectivity index is 1.74. The highest BCUT2D eigenvalue weighted by atomic mass is 16.5. The number of ether oxygens (including phenoxy) is 1. The van der Waals surface area contributed by atoms with Crippen LogP contribution in [0, 0.1) is 6.92 Å². The van der Waals surface area contributed by atoms with Gasteiger partial charge in [0, 0.05) is 23.7 Å². The van der Waals surface area contributed by atoms with E-state index in [1.165, 1.54) is 23.8 Å². The number of hydrogen-bond acceptors (Lipinski definition) is 3. The second kappa shape index (κ2) is 6.54. The topological polar surface area (TPSA) is 34.1 Å². The lowest BCUT2D eigenvalue weighted by molar-refractivity contribution is 0.0998. The first-order valence-electron chi connectivity index (χ1n) is 7.92. The Morgan fingerprint density at radius 3 is 3.00 bits per heavy atom. The van der Waals surface area contributed by atoms with Crippen LogP contribution in [0.5, 0.6) is 0 Å². The molecular weight excluding hydrogens is 260 g/mol. The standard InChI is InChI=1S/C18H24N2O/c1-13-5-6-15-12-14(7-9-18(15)20-13)17(19-2)10-8-16-4-3-11-21-16/h5-7,9,12,16-17,19H,3-4,8,10-11H2,1-2H3. The average Bonchev–Trinajstić information content (AvgIpc) is 3.01. The van der Waals surface area contributed by atoms with Gasteiger partial charge < -0.3 is 10.1 Å². The van der Waals surface area contributed by atoms with Crippen LogP contribution in [0.2, 0.25) is 0 Å². The summed E-state index contributed by atoms with van der Waals surface area (Å²) in [7, 11) is 2.04. The molecule has 0 bridgehead atoms. The van der Waals surface area contributed by atoms with E-state index >= 15 is 0 Å². The number of pyridine rings is 1. The monoisotopic (exact) mass is 284 g/mol. The van der Waals surface area contributed by atoms with Crippen molar-refractivity contribution in [3.63, 3.8) is 0 Å². The summed E-state index contributed by atoms with van der Waals surface area (Å²) < 4.78 is 5.73. The molecule has 0 saturated carbocycles. The molecule has 1 fully saturated rings. The molecule has 0 spiro atoms. The molecule has 2 atom stereocenters. The fourth-order valence-corrected chi connectivity index (χ4v) is 3.16. The molecule has 1 aliphatic heterocycles. The van der Waals surface area contributed by atoms with E-state index < -0.39 is 0 Å². The number of aromatic nitrogens is 1. The second-order valence-electron chi connectivity index (χ2n) is 5.96. The van der Waals surface area contributed by atoms with E-state index in [9.17, 15) is 0 Å². The van der Waals surface area contributed by atoms with Crippen molar-refractivity contribution < 1.29 is 4.74 Å². The van der Waals surface area contributed by atoms with Crippen LogP contribution >= 0.6 is 0 Å². The molecule has 1 N–H and O–H groups in total. The van der Waals surface area contributed by atoms with Gasteiger partial charge in [0.15, 0.2) is 0 Å². The minimum atomic E-state index is 0.389. The highest BCUT2D eigenvalue weighted by Gasteiger charge is 2.18. The van der Waals surface area contributed by atoms with Gasteiger partial charge in [0.05, 0.1) is 11.6 Å². The van der Waals surface area contributed by atoms with Gasteiger partial charge in [-0.1, -0.05) is 12.1 Å². The molecule has 1 aromatic carbocycles. The van der Waals surface area contributed by atoms with Gasteiger partial charge in [0.1, 0.15) is 0 Å². The fraction of sp³-hybridized carbons (Fsp3) is 0.500. The molecular formula is C18H24N2O. The lowest BCUT2D eigenvalue weighted by Gasteiger charge is -2.19. The molecule has 3 nitrogen and oxygen atoms in total. The van der Waals surface area contributed by atoms with Gasteiger partial charge in [0.2, 0.25) is 0 Å². The van der Waals surface area contributed by atoms with Gasteiger partial charge in [-0.05, 0) is 63.4 Å². The van der Waals surface area contributed by atoms with E-state index in [0.717, 1.165) is 30.7 Å². The summed E-state index contributed by atoms with van der Waals surface area (Å²) in [6.07, 6.45) is 5.15. The van der Waals surface area contributed by atoms with Gasteiger partial charge in [-0.25, -0.2) is 0 Å². The number of nitrogens with zero attached hydrogens (tertiary/aromatic N) is 1. The van der Waals surface area contributed by atoms with E-state index in [2.05, 4.69) is 40.6 Å². The van der Waals surface area contributed by atoms with Crippen molar-refractivity contribution in [2.24, 2.45) is 0 Å². The van der Waals surface area contributed by atoms with Crippen LogP contribution in [0.25, 0.3) is 10.9 Å². The zero-order valence-corrected chi connectivity index (χ0v) is 12.9. The van der Waals surface area contributed by atoms with Crippen LogP contribution < -0.4 is 5.32 Å². The third kappa shape index (κ3) is 3.42. The Bertz CT molecular complexity index is 605. The number of rotatable bonds is 5. The van der Waals surface area contributed by atoms with Crippen LogP contribution in [-0.2, 0) is 4.74 Å². The summed E-state index contributed by atoms with van der Waals surface area (Å²) in [5.74, 6) is 0. The first-order valence-corrected chi connectivity index (χ1v) is 7.92. The summed E-state index contributed by atoms with van der Waals surface area (Å²) >= 11 is 0. The van der Waals surface area contributed by atoms with Crippen molar-refractivity contribution >= 4 is 10.9 Å². The zero-order chi connectivity index (χ0) is 14.7. The third-order valence-electron chi connectivity index (χ3n) is 4.40. The molecule has 2 unspecified atom stereocenters. The Morgan fingerprint density at radius 2 is 2.24 bits per heavy atom. The lowest BCUT2D eigenvalue weighted by atomic mass is 9.98. The Hall–Kier alpha value is -1.45. The van der Waals surface area contributed by atoms with Crippen LogP contribution in [0.1, 0.15) is 43.0 Å². The quantitative estimate of drug-likeness (QED) is 0.907. The summed E-state index contributed by atoms with van der Waals surface area (Å²) in [6, 6.07) is 11.2. The van der Waals surface area contributed by atoms with Gasteiger partial charge in [-0.15, -0.1) is 0 Å². The maximum Gasteiger partial charge on any atom is 0.0705 e. The first kappa shape index (κ1) is 14.5. The van der Waals surface area contributed by atoms with Crippen LogP contribution in [0.15, 0.2) is 30.3 Å². The number of fused-ring (bicyclic) bond motifs is 1. The summed E-state index contributed by atoms with van der Waals surface area (Å²) in [4.78, 5) is 4.57. The number of aryl methyl sites for hydroxylation is 1. The van der Waals surface area contributed by atoms with E-state index in [1.54, 1.807) is 0 Å². The molecule has 0 radical (unpaired) electrons. The average molecular weight is 284 g/mol. The van der Waals surface area contributed by atoms with Crippen molar-refractivity contribution in [1.29, 1.82) is 0 Å². The van der Waals surface area contributed by atoms with E-state index in [0.29, 0.717) is 12.1 Å². The molecule has 1 aliphatic rings. The van der Waals surface area contributed by atoms with Crippen LogP contribution in [0.3, 0.4) is 0 Å². The van der Waals surface area contributed by atoms with Gasteiger partial charge in [-0.2, -0.15) is 0 Å². The first-order chi connectivity index (χ1) is 10.3. The van der Waals surface area contributed by atoms with E-state index in [-0.39, 0.29) is 0 Å². The summed E-state index contributed by atoms with van der Waals surface area (Å²) in [5.41, 5.74) is 3.49. The molecule has 0 amide bonds. The Kier molecular flexibility index (Phi) is 4.51. The molecule has 3 heteroatoms. The summed E-state index contributed by atoms with van der Waals surface area (Å²) in [5, 5.41) is 4.66. The maximum absolute atomic E-state index is 5.73. The Labute approximate surface area is 126 Å². The molecule has 1 aromatic heterocycles. The zero-order valence-electron chi connectivity index (χ0n) is 12.9. The molecule has 0 aliphatic carbocycles. The van der Waals surface area contributed by atoms with Gasteiger partial charge in [-0.3, -0.25) is 4.98 Å².